The van der Waals surface area contributed by atoms with Crippen LogP contribution in [0.4, 0.5) is 0 Å². The highest BCUT2D eigenvalue weighted by molar-refractivity contribution is 5.95. The van der Waals surface area contributed by atoms with Crippen LogP contribution in [0.5, 0.6) is 0 Å². The van der Waals surface area contributed by atoms with Crippen molar-refractivity contribution < 1.29 is 4.79 Å². The van der Waals surface area contributed by atoms with Crippen molar-refractivity contribution in [3.8, 4) is 0 Å². The Morgan fingerprint density at radius 3 is 2.81 bits per heavy atom. The van der Waals surface area contributed by atoms with E-state index >= 15 is 0 Å². The zero-order valence-corrected chi connectivity index (χ0v) is 12.7. The third-order valence-corrected chi connectivity index (χ3v) is 5.26. The monoisotopic (exact) mass is 287 g/mol. The van der Waals surface area contributed by atoms with Gasteiger partial charge in [-0.1, -0.05) is 24.6 Å². The standard InChI is InChI=1S/C17H25N3O/c1-20(11-15-9-12-6-7-13(15)8-12)10-14-4-2-3-5-16(14)17(21)19-18/h2-5,12-13,15H,6-11,18H2,1H3,(H,19,21). The molecule has 2 aliphatic carbocycles. The lowest BCUT2D eigenvalue weighted by molar-refractivity contribution is 0.0951. The lowest BCUT2D eigenvalue weighted by Gasteiger charge is -2.27. The Kier molecular flexibility index (Phi) is 4.27. The number of carbonyl (C=O) groups excluding carboxylic acids is 1. The van der Waals surface area contributed by atoms with E-state index < -0.39 is 0 Å². The fraction of sp³-hybridized carbons (Fsp3) is 0.588. The Hall–Kier alpha value is -1.39. The molecule has 4 heteroatoms. The summed E-state index contributed by atoms with van der Waals surface area (Å²) in [5.41, 5.74) is 3.96. The average molecular weight is 287 g/mol. The van der Waals surface area contributed by atoms with Crippen molar-refractivity contribution in [3.63, 3.8) is 0 Å². The first-order valence-electron chi connectivity index (χ1n) is 7.94. The van der Waals surface area contributed by atoms with Crippen LogP contribution in [0.3, 0.4) is 0 Å². The highest BCUT2D eigenvalue weighted by Gasteiger charge is 2.39. The third-order valence-electron chi connectivity index (χ3n) is 5.26. The molecule has 0 aromatic heterocycles. The maximum absolute atomic E-state index is 11.8. The van der Waals surface area contributed by atoms with Crippen molar-refractivity contribution in [2.45, 2.75) is 32.2 Å². The SMILES string of the molecule is CN(Cc1ccccc1C(=O)NN)CC1CC2CCC1C2. The molecule has 2 aliphatic rings. The molecule has 3 rings (SSSR count). The van der Waals surface area contributed by atoms with Crippen LogP contribution in [-0.2, 0) is 6.54 Å². The molecule has 3 N–H and O–H groups in total. The molecule has 3 unspecified atom stereocenters. The molecule has 114 valence electrons. The molecule has 2 saturated carbocycles. The molecular weight excluding hydrogens is 262 g/mol. The number of rotatable bonds is 5. The summed E-state index contributed by atoms with van der Waals surface area (Å²) in [5.74, 6) is 7.84. The highest BCUT2D eigenvalue weighted by atomic mass is 16.2. The van der Waals surface area contributed by atoms with E-state index in [-0.39, 0.29) is 5.91 Å². The molecule has 3 atom stereocenters. The fourth-order valence-corrected chi connectivity index (χ4v) is 4.31. The van der Waals surface area contributed by atoms with Gasteiger partial charge in [-0.15, -0.1) is 0 Å². The number of hydrogen-bond donors (Lipinski definition) is 2. The van der Waals surface area contributed by atoms with E-state index in [4.69, 9.17) is 5.84 Å². The summed E-state index contributed by atoms with van der Waals surface area (Å²) in [6, 6.07) is 7.71. The minimum Gasteiger partial charge on any atom is -0.302 e. The fourth-order valence-electron chi connectivity index (χ4n) is 4.31. The van der Waals surface area contributed by atoms with Gasteiger partial charge in [0.1, 0.15) is 0 Å². The number of hydrogen-bond acceptors (Lipinski definition) is 3. The smallest absolute Gasteiger partial charge is 0.265 e. The number of nitrogens with one attached hydrogen (secondary N) is 1. The Morgan fingerprint density at radius 1 is 1.33 bits per heavy atom. The maximum Gasteiger partial charge on any atom is 0.265 e. The summed E-state index contributed by atoms with van der Waals surface area (Å²) in [6.07, 6.45) is 5.73. The van der Waals surface area contributed by atoms with E-state index in [9.17, 15) is 4.79 Å². The lowest BCUT2D eigenvalue weighted by atomic mass is 9.88. The quantitative estimate of drug-likeness (QED) is 0.496. The summed E-state index contributed by atoms with van der Waals surface area (Å²) < 4.78 is 0. The summed E-state index contributed by atoms with van der Waals surface area (Å²) in [7, 11) is 2.16. The van der Waals surface area contributed by atoms with Gasteiger partial charge in [-0.2, -0.15) is 0 Å². The van der Waals surface area contributed by atoms with Crippen molar-refractivity contribution in [1.29, 1.82) is 0 Å². The summed E-state index contributed by atoms with van der Waals surface area (Å²) in [5, 5.41) is 0. The Morgan fingerprint density at radius 2 is 2.14 bits per heavy atom. The minimum absolute atomic E-state index is 0.209. The van der Waals surface area contributed by atoms with Crippen LogP contribution in [0.25, 0.3) is 0 Å². The molecule has 0 aliphatic heterocycles. The second-order valence-electron chi connectivity index (χ2n) is 6.76. The molecule has 4 nitrogen and oxygen atoms in total. The van der Waals surface area contributed by atoms with Crippen molar-refractivity contribution in [2.75, 3.05) is 13.6 Å². The second kappa shape index (κ2) is 6.16. The van der Waals surface area contributed by atoms with E-state index in [1.807, 2.05) is 24.3 Å². The Labute approximate surface area is 126 Å². The van der Waals surface area contributed by atoms with Gasteiger partial charge in [0.05, 0.1) is 0 Å². The first-order valence-corrected chi connectivity index (χ1v) is 7.94. The molecule has 1 aromatic carbocycles. The van der Waals surface area contributed by atoms with Crippen LogP contribution in [0, 0.1) is 17.8 Å². The summed E-state index contributed by atoms with van der Waals surface area (Å²) in [4.78, 5) is 14.2. The minimum atomic E-state index is -0.209. The predicted octanol–water partition coefficient (Wildman–Crippen LogP) is 2.16. The lowest BCUT2D eigenvalue weighted by Crippen LogP contribution is -2.32. The van der Waals surface area contributed by atoms with Gasteiger partial charge in [0.15, 0.2) is 0 Å². The third kappa shape index (κ3) is 3.11. The number of nitrogens with two attached hydrogens (primary N) is 1. The molecule has 2 bridgehead atoms. The van der Waals surface area contributed by atoms with Crippen LogP contribution in [0.1, 0.15) is 41.6 Å². The molecule has 1 amide bonds. The van der Waals surface area contributed by atoms with Crippen LogP contribution in [0.15, 0.2) is 24.3 Å². The van der Waals surface area contributed by atoms with E-state index in [1.54, 1.807) is 0 Å². The molecule has 0 saturated heterocycles. The molecule has 0 radical (unpaired) electrons. The van der Waals surface area contributed by atoms with Gasteiger partial charge in [0.2, 0.25) is 0 Å². The molecule has 21 heavy (non-hydrogen) atoms. The van der Waals surface area contributed by atoms with Crippen LogP contribution in [-0.4, -0.2) is 24.4 Å². The Balaban J connectivity index is 1.62. The van der Waals surface area contributed by atoms with E-state index in [0.717, 1.165) is 36.4 Å². The number of fused-ring (bicyclic) bond motifs is 2. The van der Waals surface area contributed by atoms with Crippen LogP contribution < -0.4 is 11.3 Å². The molecular formula is C17H25N3O. The normalized spacial score (nSPS) is 27.3. The van der Waals surface area contributed by atoms with Gasteiger partial charge >= 0.3 is 0 Å². The zero-order valence-electron chi connectivity index (χ0n) is 12.7. The van der Waals surface area contributed by atoms with E-state index in [0.29, 0.717) is 5.56 Å². The van der Waals surface area contributed by atoms with Gasteiger partial charge in [-0.3, -0.25) is 10.2 Å². The largest absolute Gasteiger partial charge is 0.302 e. The molecule has 2 fully saturated rings. The van der Waals surface area contributed by atoms with Gasteiger partial charge < -0.3 is 4.90 Å². The van der Waals surface area contributed by atoms with Crippen LogP contribution in [0.2, 0.25) is 0 Å². The van der Waals surface area contributed by atoms with Gasteiger partial charge in [0, 0.05) is 18.7 Å². The first-order chi connectivity index (χ1) is 10.2. The van der Waals surface area contributed by atoms with Crippen molar-refractivity contribution in [1.82, 2.24) is 10.3 Å². The number of hydrazine groups is 1. The number of amides is 1. The maximum atomic E-state index is 11.8. The van der Waals surface area contributed by atoms with Crippen molar-refractivity contribution >= 4 is 5.91 Å². The summed E-state index contributed by atoms with van der Waals surface area (Å²) in [6.45, 7) is 1.94. The average Bonchev–Trinajstić information content (AvgIpc) is 3.09. The van der Waals surface area contributed by atoms with Gasteiger partial charge in [-0.05, 0) is 55.7 Å². The molecule has 1 aromatic rings. The molecule has 0 heterocycles. The number of nitrogens with zero attached hydrogens (tertiary/aromatic N) is 1. The zero-order chi connectivity index (χ0) is 14.8. The van der Waals surface area contributed by atoms with Crippen LogP contribution >= 0.6 is 0 Å². The Bertz CT molecular complexity index is 517. The molecule has 0 spiro atoms. The van der Waals surface area contributed by atoms with Crippen molar-refractivity contribution in [3.05, 3.63) is 35.4 Å². The predicted molar refractivity (Wildman–Crippen MR) is 83.4 cm³/mol. The number of carbonyl (C=O) groups is 1. The summed E-state index contributed by atoms with van der Waals surface area (Å²) >= 11 is 0. The highest BCUT2D eigenvalue weighted by Crippen LogP contribution is 2.48. The number of nitrogen functional groups attached to an aromatic ring is 1. The van der Waals surface area contributed by atoms with E-state index in [2.05, 4.69) is 17.4 Å². The number of benzene rings is 1. The first kappa shape index (κ1) is 14.5. The van der Waals surface area contributed by atoms with Gasteiger partial charge in [0.25, 0.3) is 5.91 Å². The second-order valence-corrected chi connectivity index (χ2v) is 6.76. The van der Waals surface area contributed by atoms with E-state index in [1.165, 1.54) is 25.7 Å². The topological polar surface area (TPSA) is 58.4 Å². The van der Waals surface area contributed by atoms with Crippen molar-refractivity contribution in [2.24, 2.45) is 23.6 Å². The van der Waals surface area contributed by atoms with Gasteiger partial charge in [-0.25, -0.2) is 5.84 Å².